The van der Waals surface area contributed by atoms with Crippen LogP contribution in [0.25, 0.3) is 0 Å². The van der Waals surface area contributed by atoms with Gasteiger partial charge in [-0.2, -0.15) is 0 Å². The summed E-state index contributed by atoms with van der Waals surface area (Å²) >= 11 is 0. The number of aliphatic hydroxyl groups is 1. The van der Waals surface area contributed by atoms with Crippen LogP contribution in [0.15, 0.2) is 70.5 Å². The quantitative estimate of drug-likeness (QED) is 0.312. The van der Waals surface area contributed by atoms with E-state index in [1.54, 1.807) is 0 Å². The number of hydrogen-bond donors (Lipinski definition) is 2. The second-order valence-electron chi connectivity index (χ2n) is 9.20. The van der Waals surface area contributed by atoms with Crippen LogP contribution >= 0.6 is 0 Å². The Bertz CT molecular complexity index is 1780. The van der Waals surface area contributed by atoms with Crippen molar-refractivity contribution in [2.75, 3.05) is 49.0 Å². The molecular formula is C26H30N2O11S3. The van der Waals surface area contributed by atoms with Crippen molar-refractivity contribution in [2.45, 2.75) is 21.9 Å². The van der Waals surface area contributed by atoms with Crippen molar-refractivity contribution in [3.05, 3.63) is 60.7 Å². The average Bonchev–Trinajstić information content (AvgIpc) is 3.23. The minimum Gasteiger partial charge on any atom is -0.497 e. The van der Waals surface area contributed by atoms with Crippen LogP contribution < -0.4 is 28.0 Å². The molecule has 1 aliphatic rings. The minimum atomic E-state index is -4.53. The zero-order valence-corrected chi connectivity index (χ0v) is 25.5. The van der Waals surface area contributed by atoms with Crippen molar-refractivity contribution in [3.63, 3.8) is 0 Å². The van der Waals surface area contributed by atoms with Gasteiger partial charge in [-0.15, -0.1) is 0 Å². The number of anilines is 2. The van der Waals surface area contributed by atoms with Gasteiger partial charge in [-0.1, -0.05) is 0 Å². The summed E-state index contributed by atoms with van der Waals surface area (Å²) in [5.74, 6) is -0.553. The second kappa shape index (κ2) is 11.9. The molecule has 1 heterocycles. The van der Waals surface area contributed by atoms with Crippen LogP contribution in [0.1, 0.15) is 0 Å². The normalized spacial score (nSPS) is 18.2. The molecule has 3 aromatic rings. The Balaban J connectivity index is 1.75. The van der Waals surface area contributed by atoms with Crippen LogP contribution in [0.3, 0.4) is 0 Å². The summed E-state index contributed by atoms with van der Waals surface area (Å²) in [5, 5.41) is 10.6. The second-order valence-corrected chi connectivity index (χ2v) is 14.8. The SMILES string of the molecule is COc1ccc(S(=O)(=O)Nc2ccc(N([C@@H]3CS(=O)(=O)C[C@H]3O)S(=O)(=O)c3ccc(OC)cc3OC)cc2)c(OC)c1. The summed E-state index contributed by atoms with van der Waals surface area (Å²) in [6.45, 7) is 0. The molecule has 42 heavy (non-hydrogen) atoms. The highest BCUT2D eigenvalue weighted by atomic mass is 32.2. The summed E-state index contributed by atoms with van der Waals surface area (Å²) in [7, 11) is -7.04. The Labute approximate surface area is 244 Å². The average molecular weight is 643 g/mol. The summed E-state index contributed by atoms with van der Waals surface area (Å²) in [6, 6.07) is 12.1. The molecule has 0 amide bonds. The van der Waals surface area contributed by atoms with Crippen LogP contribution in [-0.2, 0) is 29.9 Å². The van der Waals surface area contributed by atoms with Crippen molar-refractivity contribution in [2.24, 2.45) is 0 Å². The van der Waals surface area contributed by atoms with E-state index < -0.39 is 53.5 Å². The maximum Gasteiger partial charge on any atom is 0.268 e. The number of sulfonamides is 2. The topological polar surface area (TPSA) is 175 Å². The molecule has 1 saturated heterocycles. The number of rotatable bonds is 11. The molecule has 0 aliphatic carbocycles. The number of hydrogen-bond acceptors (Lipinski definition) is 11. The van der Waals surface area contributed by atoms with E-state index in [4.69, 9.17) is 18.9 Å². The number of nitrogens with zero attached hydrogens (tertiary/aromatic N) is 1. The van der Waals surface area contributed by atoms with E-state index in [0.29, 0.717) is 11.5 Å². The van der Waals surface area contributed by atoms with E-state index in [1.807, 2.05) is 0 Å². The summed E-state index contributed by atoms with van der Waals surface area (Å²) in [6.07, 6.45) is -1.52. The Morgan fingerprint density at radius 2 is 1.29 bits per heavy atom. The molecule has 1 aliphatic heterocycles. The number of nitrogens with one attached hydrogen (secondary N) is 1. The smallest absolute Gasteiger partial charge is 0.268 e. The Hall–Kier alpha value is -3.73. The lowest BCUT2D eigenvalue weighted by Crippen LogP contribution is -2.47. The highest BCUT2D eigenvalue weighted by Crippen LogP contribution is 2.37. The highest BCUT2D eigenvalue weighted by Gasteiger charge is 2.45. The molecule has 228 valence electrons. The number of benzene rings is 3. The summed E-state index contributed by atoms with van der Waals surface area (Å²) in [4.78, 5) is -0.455. The van der Waals surface area contributed by atoms with Gasteiger partial charge in [-0.05, 0) is 48.5 Å². The monoisotopic (exact) mass is 642 g/mol. The van der Waals surface area contributed by atoms with Crippen LogP contribution in [0, 0.1) is 0 Å². The van der Waals surface area contributed by atoms with Gasteiger partial charge in [0, 0.05) is 17.8 Å². The molecule has 0 unspecified atom stereocenters. The summed E-state index contributed by atoms with van der Waals surface area (Å²) in [5.41, 5.74) is 0.0644. The van der Waals surface area contributed by atoms with Crippen molar-refractivity contribution in [3.8, 4) is 23.0 Å². The standard InChI is InChI=1S/C26H30N2O11S3/c1-36-19-9-11-25(23(13-19)38-3)41(32,33)27-17-5-7-18(8-6-17)28(21-15-40(30,31)16-22(21)29)42(34,35)26-12-10-20(37-2)14-24(26)39-4/h5-14,21-22,27,29H,15-16H2,1-4H3/t21-,22-/m1/s1. The van der Waals surface area contributed by atoms with E-state index in [0.717, 1.165) is 4.31 Å². The van der Waals surface area contributed by atoms with E-state index in [2.05, 4.69) is 4.72 Å². The Morgan fingerprint density at radius 1 is 0.762 bits per heavy atom. The molecule has 0 bridgehead atoms. The number of methoxy groups -OCH3 is 4. The molecule has 0 radical (unpaired) electrons. The molecule has 3 aromatic carbocycles. The van der Waals surface area contributed by atoms with E-state index in [9.17, 15) is 30.4 Å². The van der Waals surface area contributed by atoms with E-state index in [1.165, 1.54) is 89.1 Å². The van der Waals surface area contributed by atoms with Gasteiger partial charge in [0.2, 0.25) is 0 Å². The maximum atomic E-state index is 14.0. The largest absolute Gasteiger partial charge is 0.497 e. The van der Waals surface area contributed by atoms with Crippen LogP contribution in [0.2, 0.25) is 0 Å². The fourth-order valence-corrected chi connectivity index (χ4v) is 9.41. The van der Waals surface area contributed by atoms with Gasteiger partial charge >= 0.3 is 0 Å². The molecule has 16 heteroatoms. The third-order valence-corrected chi connectivity index (χ3v) is 11.5. The first-order valence-corrected chi connectivity index (χ1v) is 17.0. The third kappa shape index (κ3) is 6.21. The first-order valence-electron chi connectivity index (χ1n) is 12.3. The van der Waals surface area contributed by atoms with Crippen molar-refractivity contribution in [1.82, 2.24) is 0 Å². The van der Waals surface area contributed by atoms with Crippen LogP contribution in [-0.4, -0.2) is 82.5 Å². The van der Waals surface area contributed by atoms with Gasteiger partial charge in [0.15, 0.2) is 9.84 Å². The van der Waals surface area contributed by atoms with Gasteiger partial charge in [0.05, 0.1) is 57.8 Å². The van der Waals surface area contributed by atoms with Gasteiger partial charge in [0.25, 0.3) is 20.0 Å². The lowest BCUT2D eigenvalue weighted by atomic mass is 10.2. The maximum absolute atomic E-state index is 14.0. The van der Waals surface area contributed by atoms with Crippen molar-refractivity contribution < 1.29 is 49.3 Å². The molecule has 4 rings (SSSR count). The minimum absolute atomic E-state index is 0.0148. The van der Waals surface area contributed by atoms with Crippen molar-refractivity contribution >= 4 is 41.3 Å². The van der Waals surface area contributed by atoms with Crippen LogP contribution in [0.5, 0.6) is 23.0 Å². The fraction of sp³-hybridized carbons (Fsp3) is 0.308. The summed E-state index contributed by atoms with van der Waals surface area (Å²) < 4.78 is 103. The molecule has 1 fully saturated rings. The van der Waals surface area contributed by atoms with E-state index in [-0.39, 0.29) is 32.7 Å². The van der Waals surface area contributed by atoms with Gasteiger partial charge in [-0.25, -0.2) is 25.3 Å². The molecule has 0 aromatic heterocycles. The number of sulfone groups is 1. The Morgan fingerprint density at radius 3 is 1.76 bits per heavy atom. The zero-order chi connectivity index (χ0) is 30.9. The lowest BCUT2D eigenvalue weighted by Gasteiger charge is -2.32. The Kier molecular flexibility index (Phi) is 8.82. The van der Waals surface area contributed by atoms with Crippen LogP contribution in [0.4, 0.5) is 11.4 Å². The zero-order valence-electron chi connectivity index (χ0n) is 23.0. The third-order valence-electron chi connectivity index (χ3n) is 6.54. The molecule has 0 saturated carbocycles. The molecule has 2 atom stereocenters. The molecule has 2 N–H and O–H groups in total. The molecular weight excluding hydrogens is 612 g/mol. The predicted octanol–water partition coefficient (Wildman–Crippen LogP) is 1.87. The van der Waals surface area contributed by atoms with Gasteiger partial charge in [0.1, 0.15) is 32.8 Å². The predicted molar refractivity (Wildman–Crippen MR) is 154 cm³/mol. The van der Waals surface area contributed by atoms with E-state index >= 15 is 0 Å². The van der Waals surface area contributed by atoms with Gasteiger partial charge in [-0.3, -0.25) is 9.03 Å². The molecule has 13 nitrogen and oxygen atoms in total. The molecule has 0 spiro atoms. The van der Waals surface area contributed by atoms with Crippen molar-refractivity contribution in [1.29, 1.82) is 0 Å². The fourth-order valence-electron chi connectivity index (χ4n) is 4.52. The first-order chi connectivity index (χ1) is 19.8. The first kappa shape index (κ1) is 31.2. The highest BCUT2D eigenvalue weighted by molar-refractivity contribution is 7.93. The number of aliphatic hydroxyl groups excluding tert-OH is 1. The number of ether oxygens (including phenoxy) is 4. The lowest BCUT2D eigenvalue weighted by molar-refractivity contribution is 0.184. The van der Waals surface area contributed by atoms with Gasteiger partial charge < -0.3 is 24.1 Å².